The number of hydrogen-bond donors (Lipinski definition) is 1. The van der Waals surface area contributed by atoms with Crippen LogP contribution in [0.5, 0.6) is 0 Å². The van der Waals surface area contributed by atoms with Crippen molar-refractivity contribution < 1.29 is 0 Å². The average Bonchev–Trinajstić information content (AvgIpc) is 2.17. The summed E-state index contributed by atoms with van der Waals surface area (Å²) in [5.74, 6) is 0. The molecule has 88 valence electrons. The third-order valence-electron chi connectivity index (χ3n) is 2.57. The van der Waals surface area contributed by atoms with E-state index in [4.69, 9.17) is 29.6 Å². The van der Waals surface area contributed by atoms with Crippen molar-refractivity contribution in [3.63, 3.8) is 0 Å². The van der Waals surface area contributed by atoms with Crippen molar-refractivity contribution in [2.75, 3.05) is 7.05 Å². The lowest BCUT2D eigenvalue weighted by Crippen LogP contribution is -2.40. The molecule has 0 bridgehead atoms. The largest absolute Gasteiger partial charge is 0.392 e. The molecule has 1 atom stereocenters. The van der Waals surface area contributed by atoms with Crippen molar-refractivity contribution in [1.29, 1.82) is 0 Å². The summed E-state index contributed by atoms with van der Waals surface area (Å²) in [5.41, 5.74) is 6.87. The molecule has 16 heavy (non-hydrogen) atoms. The Labute approximate surface area is 107 Å². The molecule has 1 rings (SSSR count). The van der Waals surface area contributed by atoms with Gasteiger partial charge in [0.05, 0.1) is 11.0 Å². The van der Waals surface area contributed by atoms with Crippen molar-refractivity contribution >= 4 is 28.8 Å². The second-order valence-corrected chi connectivity index (χ2v) is 4.78. The van der Waals surface area contributed by atoms with E-state index in [0.29, 0.717) is 4.99 Å². The highest BCUT2D eigenvalue weighted by Crippen LogP contribution is 2.14. The molecule has 1 aromatic carbocycles. The van der Waals surface area contributed by atoms with E-state index >= 15 is 0 Å². The van der Waals surface area contributed by atoms with Crippen LogP contribution in [-0.4, -0.2) is 23.0 Å². The monoisotopic (exact) mass is 256 g/mol. The second-order valence-electron chi connectivity index (χ2n) is 3.87. The summed E-state index contributed by atoms with van der Waals surface area (Å²) < 4.78 is 0. The van der Waals surface area contributed by atoms with Crippen LogP contribution in [0.4, 0.5) is 0 Å². The number of hydrogen-bond acceptors (Lipinski definition) is 2. The second kappa shape index (κ2) is 6.18. The first-order chi connectivity index (χ1) is 7.54. The van der Waals surface area contributed by atoms with Gasteiger partial charge in [-0.05, 0) is 31.2 Å². The van der Waals surface area contributed by atoms with Crippen molar-refractivity contribution in [3.8, 4) is 0 Å². The van der Waals surface area contributed by atoms with Crippen molar-refractivity contribution in [2.24, 2.45) is 5.73 Å². The van der Waals surface area contributed by atoms with E-state index < -0.39 is 0 Å². The lowest BCUT2D eigenvalue weighted by Gasteiger charge is -2.26. The maximum Gasteiger partial charge on any atom is 0.0901 e. The molecule has 1 aromatic rings. The van der Waals surface area contributed by atoms with Gasteiger partial charge in [-0.25, -0.2) is 0 Å². The SMILES string of the molecule is CCC(C(N)=S)N(C)Cc1cccc(Cl)c1. The zero-order valence-electron chi connectivity index (χ0n) is 9.61. The van der Waals surface area contributed by atoms with Crippen LogP contribution in [-0.2, 0) is 6.54 Å². The summed E-state index contributed by atoms with van der Waals surface area (Å²) in [4.78, 5) is 2.69. The Balaban J connectivity index is 2.69. The lowest BCUT2D eigenvalue weighted by atomic mass is 10.1. The van der Waals surface area contributed by atoms with E-state index in [2.05, 4.69) is 17.9 Å². The number of nitrogens with zero attached hydrogens (tertiary/aromatic N) is 1. The maximum atomic E-state index is 5.94. The Morgan fingerprint density at radius 3 is 2.75 bits per heavy atom. The predicted molar refractivity (Wildman–Crippen MR) is 73.8 cm³/mol. The van der Waals surface area contributed by atoms with Crippen LogP contribution in [0.25, 0.3) is 0 Å². The molecular formula is C12H17ClN2S. The molecule has 0 fully saturated rings. The van der Waals surface area contributed by atoms with Gasteiger partial charge in [-0.15, -0.1) is 0 Å². The Kier molecular flexibility index (Phi) is 5.19. The van der Waals surface area contributed by atoms with Gasteiger partial charge in [0.2, 0.25) is 0 Å². The molecule has 1 unspecified atom stereocenters. The highest BCUT2D eigenvalue weighted by Gasteiger charge is 2.15. The summed E-state index contributed by atoms with van der Waals surface area (Å²) >= 11 is 11.0. The van der Waals surface area contributed by atoms with Gasteiger partial charge >= 0.3 is 0 Å². The number of rotatable bonds is 5. The number of halogens is 1. The van der Waals surface area contributed by atoms with Gasteiger partial charge in [0.25, 0.3) is 0 Å². The molecule has 2 N–H and O–H groups in total. The Morgan fingerprint density at radius 2 is 2.25 bits per heavy atom. The summed E-state index contributed by atoms with van der Waals surface area (Å²) in [5, 5.41) is 0.759. The molecule has 0 saturated carbocycles. The molecule has 0 aromatic heterocycles. The van der Waals surface area contributed by atoms with Crippen molar-refractivity contribution in [1.82, 2.24) is 4.90 Å². The van der Waals surface area contributed by atoms with E-state index in [1.807, 2.05) is 25.2 Å². The fourth-order valence-electron chi connectivity index (χ4n) is 1.76. The van der Waals surface area contributed by atoms with Gasteiger partial charge < -0.3 is 5.73 Å². The molecule has 0 aliphatic rings. The quantitative estimate of drug-likeness (QED) is 0.822. The van der Waals surface area contributed by atoms with E-state index in [9.17, 15) is 0 Å². The molecule has 0 radical (unpaired) electrons. The van der Waals surface area contributed by atoms with Crippen LogP contribution in [0.2, 0.25) is 5.02 Å². The van der Waals surface area contributed by atoms with Crippen molar-refractivity contribution in [3.05, 3.63) is 34.9 Å². The minimum absolute atomic E-state index is 0.147. The van der Waals surface area contributed by atoms with Crippen LogP contribution >= 0.6 is 23.8 Å². The highest BCUT2D eigenvalue weighted by atomic mass is 35.5. The van der Waals surface area contributed by atoms with Crippen LogP contribution in [0.15, 0.2) is 24.3 Å². The van der Waals surface area contributed by atoms with Crippen LogP contribution < -0.4 is 5.73 Å². The summed E-state index contributed by atoms with van der Waals surface area (Å²) in [7, 11) is 2.02. The fourth-order valence-corrected chi connectivity index (χ4v) is 2.32. The molecule has 0 aliphatic carbocycles. The van der Waals surface area contributed by atoms with E-state index in [1.165, 1.54) is 5.56 Å². The van der Waals surface area contributed by atoms with Crippen LogP contribution in [0.1, 0.15) is 18.9 Å². The summed E-state index contributed by atoms with van der Waals surface area (Å²) in [6.07, 6.45) is 0.923. The zero-order chi connectivity index (χ0) is 12.1. The van der Waals surface area contributed by atoms with Gasteiger partial charge in [0, 0.05) is 11.6 Å². The highest BCUT2D eigenvalue weighted by molar-refractivity contribution is 7.80. The summed E-state index contributed by atoms with van der Waals surface area (Å²) in [6, 6.07) is 7.98. The number of likely N-dealkylation sites (N-methyl/N-ethyl adjacent to an activating group) is 1. The molecule has 0 spiro atoms. The topological polar surface area (TPSA) is 29.3 Å². The van der Waals surface area contributed by atoms with Gasteiger partial charge in [0.1, 0.15) is 0 Å². The van der Waals surface area contributed by atoms with Gasteiger partial charge in [0.15, 0.2) is 0 Å². The third-order valence-corrected chi connectivity index (χ3v) is 3.08. The molecule has 0 aliphatic heterocycles. The van der Waals surface area contributed by atoms with Gasteiger partial charge in [-0.1, -0.05) is 42.9 Å². The van der Waals surface area contributed by atoms with Crippen molar-refractivity contribution in [2.45, 2.75) is 25.9 Å². The first kappa shape index (κ1) is 13.4. The molecule has 0 amide bonds. The first-order valence-electron chi connectivity index (χ1n) is 5.28. The average molecular weight is 257 g/mol. The smallest absolute Gasteiger partial charge is 0.0901 e. The molecule has 4 heteroatoms. The zero-order valence-corrected chi connectivity index (χ0v) is 11.2. The van der Waals surface area contributed by atoms with Crippen LogP contribution in [0, 0.1) is 0 Å². The minimum Gasteiger partial charge on any atom is -0.392 e. The predicted octanol–water partition coefficient (Wildman–Crippen LogP) is 2.84. The molecule has 2 nitrogen and oxygen atoms in total. The lowest BCUT2D eigenvalue weighted by molar-refractivity contribution is 0.284. The minimum atomic E-state index is 0.147. The Hall–Kier alpha value is -0.640. The third kappa shape index (κ3) is 3.74. The molecular weight excluding hydrogens is 240 g/mol. The van der Waals surface area contributed by atoms with Gasteiger partial charge in [-0.2, -0.15) is 0 Å². The first-order valence-corrected chi connectivity index (χ1v) is 6.07. The summed E-state index contributed by atoms with van der Waals surface area (Å²) in [6.45, 7) is 2.88. The molecule has 0 saturated heterocycles. The fraction of sp³-hybridized carbons (Fsp3) is 0.417. The van der Waals surface area contributed by atoms with Gasteiger partial charge in [-0.3, -0.25) is 4.90 Å². The maximum absolute atomic E-state index is 5.94. The standard InChI is InChI=1S/C12H17ClN2S/c1-3-11(12(14)16)15(2)8-9-5-4-6-10(13)7-9/h4-7,11H,3,8H2,1-2H3,(H2,14,16). The number of benzene rings is 1. The number of nitrogens with two attached hydrogens (primary N) is 1. The molecule has 0 heterocycles. The van der Waals surface area contributed by atoms with E-state index in [1.54, 1.807) is 0 Å². The van der Waals surface area contributed by atoms with E-state index in [0.717, 1.165) is 18.0 Å². The normalized spacial score (nSPS) is 12.8. The van der Waals surface area contributed by atoms with Crippen LogP contribution in [0.3, 0.4) is 0 Å². The Morgan fingerprint density at radius 1 is 1.56 bits per heavy atom. The Bertz CT molecular complexity index is 368. The van der Waals surface area contributed by atoms with E-state index in [-0.39, 0.29) is 6.04 Å². The number of thiocarbonyl (C=S) groups is 1.